The lowest BCUT2D eigenvalue weighted by molar-refractivity contribution is -0.125. The van der Waals surface area contributed by atoms with Crippen LogP contribution in [0.1, 0.15) is 76.1 Å². The Balaban J connectivity index is 1.32. The van der Waals surface area contributed by atoms with Crippen molar-refractivity contribution in [1.82, 2.24) is 25.5 Å². The maximum absolute atomic E-state index is 13.4. The van der Waals surface area contributed by atoms with Gasteiger partial charge in [0.2, 0.25) is 11.9 Å². The molecule has 12 heteroatoms. The van der Waals surface area contributed by atoms with Crippen molar-refractivity contribution in [2.75, 3.05) is 55.5 Å². The fourth-order valence-electron chi connectivity index (χ4n) is 6.52. The Bertz CT molecular complexity index is 1370. The van der Waals surface area contributed by atoms with Gasteiger partial charge in [-0.15, -0.1) is 0 Å². The predicted molar refractivity (Wildman–Crippen MR) is 171 cm³/mol. The maximum Gasteiger partial charge on any atom is 0.317 e. The molecule has 4 amide bonds. The Labute approximate surface area is 259 Å². The molecule has 5 rings (SSSR count). The van der Waals surface area contributed by atoms with Crippen molar-refractivity contribution in [3.05, 3.63) is 30.0 Å². The van der Waals surface area contributed by atoms with Crippen molar-refractivity contribution in [1.29, 1.82) is 0 Å². The van der Waals surface area contributed by atoms with Gasteiger partial charge in [0.15, 0.2) is 5.82 Å². The minimum Gasteiger partial charge on any atom is -0.495 e. The van der Waals surface area contributed by atoms with Crippen LogP contribution in [0.3, 0.4) is 0 Å². The summed E-state index contributed by atoms with van der Waals surface area (Å²) < 4.78 is 5.66. The summed E-state index contributed by atoms with van der Waals surface area (Å²) in [6.07, 6.45) is 8.84. The minimum absolute atomic E-state index is 0.00736. The third kappa shape index (κ3) is 6.68. The number of ether oxygens (including phenoxy) is 1. The van der Waals surface area contributed by atoms with E-state index in [2.05, 4.69) is 25.8 Å². The van der Waals surface area contributed by atoms with Crippen molar-refractivity contribution in [3.8, 4) is 5.75 Å². The molecular formula is C32H46N8O4. The van der Waals surface area contributed by atoms with E-state index in [1.54, 1.807) is 48.4 Å². The monoisotopic (exact) mass is 606 g/mol. The summed E-state index contributed by atoms with van der Waals surface area (Å²) in [6, 6.07) is 5.49. The van der Waals surface area contributed by atoms with Crippen LogP contribution in [0.4, 0.5) is 27.9 Å². The zero-order valence-electron chi connectivity index (χ0n) is 26.6. The first-order chi connectivity index (χ1) is 21.1. The summed E-state index contributed by atoms with van der Waals surface area (Å²) in [6.45, 7) is 8.27. The first-order valence-corrected chi connectivity index (χ1v) is 15.8. The van der Waals surface area contributed by atoms with E-state index >= 15 is 0 Å². The van der Waals surface area contributed by atoms with Crippen LogP contribution in [0.25, 0.3) is 0 Å². The molecule has 0 unspecified atom stereocenters. The number of piperidine rings is 1. The van der Waals surface area contributed by atoms with Crippen LogP contribution >= 0.6 is 0 Å². The van der Waals surface area contributed by atoms with E-state index < -0.39 is 5.41 Å². The number of carbonyl (C=O) groups is 3. The molecule has 12 nitrogen and oxygen atoms in total. The van der Waals surface area contributed by atoms with E-state index in [1.165, 1.54) is 19.3 Å². The van der Waals surface area contributed by atoms with Crippen LogP contribution in [0, 0.1) is 5.41 Å². The van der Waals surface area contributed by atoms with E-state index in [1.807, 2.05) is 20.8 Å². The SMILES string of the molecule is CCNC(=O)N1CCC(NC(=O)c2ccc(Nc3ncc4c(n3)N(C3CCCCC3)CC(C)(C)C(=O)N4C)c(OC)c2)CC1. The lowest BCUT2D eigenvalue weighted by Gasteiger charge is -2.38. The summed E-state index contributed by atoms with van der Waals surface area (Å²) >= 11 is 0. The Hall–Kier alpha value is -4.09. The smallest absolute Gasteiger partial charge is 0.317 e. The molecule has 2 fully saturated rings. The van der Waals surface area contributed by atoms with Crippen LogP contribution in [-0.2, 0) is 4.79 Å². The summed E-state index contributed by atoms with van der Waals surface area (Å²) in [4.78, 5) is 53.9. The molecule has 2 aromatic rings. The van der Waals surface area contributed by atoms with Gasteiger partial charge in [-0.1, -0.05) is 19.3 Å². The number of anilines is 4. The normalized spacial score (nSPS) is 19.2. The molecule has 1 saturated heterocycles. The van der Waals surface area contributed by atoms with Gasteiger partial charge in [-0.05, 0) is 64.7 Å². The zero-order valence-corrected chi connectivity index (χ0v) is 26.6. The average Bonchev–Trinajstić information content (AvgIpc) is 3.10. The molecule has 3 N–H and O–H groups in total. The Morgan fingerprint density at radius 3 is 2.50 bits per heavy atom. The third-order valence-corrected chi connectivity index (χ3v) is 9.00. The van der Waals surface area contributed by atoms with E-state index in [-0.39, 0.29) is 23.9 Å². The van der Waals surface area contributed by atoms with Crippen LogP contribution in [0.5, 0.6) is 5.75 Å². The molecule has 3 aliphatic rings. The highest BCUT2D eigenvalue weighted by Crippen LogP contribution is 2.40. The van der Waals surface area contributed by atoms with Gasteiger partial charge in [-0.2, -0.15) is 4.98 Å². The fourth-order valence-corrected chi connectivity index (χ4v) is 6.52. The number of aromatic nitrogens is 2. The standard InChI is InChI=1S/C32H46N8O4/c1-6-33-31(43)39-16-14-22(15-17-39)35-28(41)21-12-13-24(26(18-21)44-5)36-30-34-19-25-27(37-30)40(23-10-8-7-9-11-23)20-32(2,3)29(42)38(25)4/h12-13,18-19,22-23H,6-11,14-17,20H2,1-5H3,(H,33,43)(H,35,41)(H,34,36,37). The second kappa shape index (κ2) is 13.3. The highest BCUT2D eigenvalue weighted by atomic mass is 16.5. The number of benzene rings is 1. The van der Waals surface area contributed by atoms with Gasteiger partial charge in [0, 0.05) is 50.9 Å². The van der Waals surface area contributed by atoms with Gasteiger partial charge in [0.05, 0.1) is 24.4 Å². The lowest BCUT2D eigenvalue weighted by Crippen LogP contribution is -2.49. The number of amides is 4. The number of likely N-dealkylation sites (tertiary alicyclic amines) is 1. The number of hydrogen-bond acceptors (Lipinski definition) is 8. The number of nitrogens with one attached hydrogen (secondary N) is 3. The summed E-state index contributed by atoms with van der Waals surface area (Å²) in [5.74, 6) is 1.48. The molecule has 1 aliphatic carbocycles. The number of nitrogens with zero attached hydrogens (tertiary/aromatic N) is 5. The maximum atomic E-state index is 13.4. The quantitative estimate of drug-likeness (QED) is 0.425. The van der Waals surface area contributed by atoms with Crippen LogP contribution in [-0.4, -0.2) is 85.1 Å². The first-order valence-electron chi connectivity index (χ1n) is 15.8. The Morgan fingerprint density at radius 2 is 1.82 bits per heavy atom. The zero-order chi connectivity index (χ0) is 31.4. The van der Waals surface area contributed by atoms with Gasteiger partial charge in [-0.3, -0.25) is 9.59 Å². The summed E-state index contributed by atoms with van der Waals surface area (Å²) in [7, 11) is 3.35. The molecule has 0 radical (unpaired) electrons. The van der Waals surface area contributed by atoms with E-state index in [9.17, 15) is 14.4 Å². The molecule has 0 atom stereocenters. The van der Waals surface area contributed by atoms with E-state index in [0.717, 1.165) is 18.7 Å². The Kier molecular flexibility index (Phi) is 9.45. The van der Waals surface area contributed by atoms with Crippen molar-refractivity contribution < 1.29 is 19.1 Å². The molecule has 44 heavy (non-hydrogen) atoms. The molecule has 1 aromatic heterocycles. The van der Waals surface area contributed by atoms with Crippen molar-refractivity contribution >= 4 is 41.0 Å². The topological polar surface area (TPSA) is 132 Å². The Morgan fingerprint density at radius 1 is 1.09 bits per heavy atom. The largest absolute Gasteiger partial charge is 0.495 e. The minimum atomic E-state index is -0.569. The fraction of sp³-hybridized carbons (Fsp3) is 0.594. The first kappa shape index (κ1) is 31.3. The van der Waals surface area contributed by atoms with Gasteiger partial charge in [0.1, 0.15) is 11.4 Å². The number of fused-ring (bicyclic) bond motifs is 1. The van der Waals surface area contributed by atoms with Crippen LogP contribution in [0.2, 0.25) is 0 Å². The van der Waals surface area contributed by atoms with Crippen LogP contribution in [0.15, 0.2) is 24.4 Å². The third-order valence-electron chi connectivity index (χ3n) is 9.00. The molecule has 0 bridgehead atoms. The number of carbonyl (C=O) groups excluding carboxylic acids is 3. The molecule has 1 aromatic carbocycles. The molecule has 1 saturated carbocycles. The predicted octanol–water partition coefficient (Wildman–Crippen LogP) is 4.29. The lowest BCUT2D eigenvalue weighted by atomic mass is 9.88. The highest BCUT2D eigenvalue weighted by molar-refractivity contribution is 6.01. The second-order valence-electron chi connectivity index (χ2n) is 12.7. The number of rotatable bonds is 7. The van der Waals surface area contributed by atoms with E-state index in [4.69, 9.17) is 9.72 Å². The summed E-state index contributed by atoms with van der Waals surface area (Å²) in [5.41, 5.74) is 1.24. The second-order valence-corrected chi connectivity index (χ2v) is 12.7. The highest BCUT2D eigenvalue weighted by Gasteiger charge is 2.41. The number of methoxy groups -OCH3 is 1. The van der Waals surface area contributed by atoms with Crippen LogP contribution < -0.4 is 30.5 Å². The van der Waals surface area contributed by atoms with Gasteiger partial charge < -0.3 is 35.4 Å². The molecule has 238 valence electrons. The molecule has 0 spiro atoms. The van der Waals surface area contributed by atoms with Crippen molar-refractivity contribution in [2.45, 2.75) is 77.8 Å². The van der Waals surface area contributed by atoms with Gasteiger partial charge >= 0.3 is 6.03 Å². The average molecular weight is 607 g/mol. The number of urea groups is 1. The molecule has 3 heterocycles. The van der Waals surface area contributed by atoms with Gasteiger partial charge in [-0.25, -0.2) is 9.78 Å². The van der Waals surface area contributed by atoms with Gasteiger partial charge in [0.25, 0.3) is 5.91 Å². The van der Waals surface area contributed by atoms with Crippen molar-refractivity contribution in [3.63, 3.8) is 0 Å². The molecular weight excluding hydrogens is 560 g/mol. The van der Waals surface area contributed by atoms with E-state index in [0.29, 0.717) is 73.7 Å². The molecule has 2 aliphatic heterocycles. The summed E-state index contributed by atoms with van der Waals surface area (Å²) in [5, 5.41) is 9.21. The number of hydrogen-bond donors (Lipinski definition) is 3. The van der Waals surface area contributed by atoms with Crippen molar-refractivity contribution in [2.24, 2.45) is 5.41 Å².